The molecule has 1 N–H and O–H groups in total. The molecule has 0 aliphatic carbocycles. The van der Waals surface area contributed by atoms with Gasteiger partial charge in [0.2, 0.25) is 5.91 Å². The highest BCUT2D eigenvalue weighted by Crippen LogP contribution is 2.27. The number of alkyl carbamates (subject to hydrolysis) is 1. The van der Waals surface area contributed by atoms with Crippen LogP contribution in [0, 0.1) is 5.92 Å². The first kappa shape index (κ1) is 29.4. The molecule has 4 rings (SSSR count). The molecule has 2 aromatic carbocycles. The molecule has 0 radical (unpaired) electrons. The maximum absolute atomic E-state index is 13.2. The molecule has 2 heterocycles. The van der Waals surface area contributed by atoms with E-state index in [9.17, 15) is 14.4 Å². The van der Waals surface area contributed by atoms with Gasteiger partial charge in [-0.3, -0.25) is 14.6 Å². The van der Waals surface area contributed by atoms with Gasteiger partial charge in [0.1, 0.15) is 11.6 Å². The average molecular weight is 563 g/mol. The lowest BCUT2D eigenvalue weighted by Gasteiger charge is -2.38. The van der Waals surface area contributed by atoms with E-state index in [0.717, 1.165) is 21.5 Å². The highest BCUT2D eigenvalue weighted by atomic mass is 32.2. The predicted molar refractivity (Wildman–Crippen MR) is 160 cm³/mol. The molecule has 9 heteroatoms. The predicted octanol–water partition coefficient (Wildman–Crippen LogP) is 5.41. The lowest BCUT2D eigenvalue weighted by atomic mass is 10.0. The number of benzene rings is 2. The molecule has 1 fully saturated rings. The van der Waals surface area contributed by atoms with Crippen LogP contribution in [0.25, 0.3) is 10.9 Å². The van der Waals surface area contributed by atoms with Crippen LogP contribution in [-0.4, -0.2) is 71.2 Å². The van der Waals surface area contributed by atoms with Crippen LogP contribution in [0.3, 0.4) is 0 Å². The molecule has 3 aromatic rings. The summed E-state index contributed by atoms with van der Waals surface area (Å²) in [5.74, 6) is 0.257. The number of amides is 2. The van der Waals surface area contributed by atoms with Gasteiger partial charge < -0.3 is 19.9 Å². The highest BCUT2D eigenvalue weighted by molar-refractivity contribution is 8.00. The van der Waals surface area contributed by atoms with E-state index in [1.807, 2.05) is 68.4 Å². The number of nitrogens with zero attached hydrogens (tertiary/aromatic N) is 3. The summed E-state index contributed by atoms with van der Waals surface area (Å²) in [5.41, 5.74) is 1.98. The summed E-state index contributed by atoms with van der Waals surface area (Å²) < 4.78 is 5.36. The van der Waals surface area contributed by atoms with Gasteiger partial charge in [-0.1, -0.05) is 32.0 Å². The lowest BCUT2D eigenvalue weighted by molar-refractivity contribution is -0.134. The smallest absolute Gasteiger partial charge is 0.408 e. The minimum atomic E-state index is -0.644. The third-order valence-electron chi connectivity index (χ3n) is 6.72. The summed E-state index contributed by atoms with van der Waals surface area (Å²) in [6.07, 6.45) is 1.19. The van der Waals surface area contributed by atoms with Crippen molar-refractivity contribution in [2.45, 2.75) is 51.2 Å². The molecule has 1 aliphatic rings. The molecule has 0 spiro atoms. The van der Waals surface area contributed by atoms with Crippen molar-refractivity contribution in [2.24, 2.45) is 5.92 Å². The first-order valence-electron chi connectivity index (χ1n) is 13.6. The zero-order valence-corrected chi connectivity index (χ0v) is 24.7. The molecule has 1 aliphatic heterocycles. The molecule has 40 heavy (non-hydrogen) atoms. The Kier molecular flexibility index (Phi) is 9.35. The number of hydrogen-bond donors (Lipinski definition) is 1. The lowest BCUT2D eigenvalue weighted by Crippen LogP contribution is -2.56. The monoisotopic (exact) mass is 562 g/mol. The van der Waals surface area contributed by atoms with Crippen molar-refractivity contribution in [1.29, 1.82) is 0 Å². The van der Waals surface area contributed by atoms with E-state index >= 15 is 0 Å². The molecule has 2 amide bonds. The van der Waals surface area contributed by atoms with E-state index in [1.165, 1.54) is 11.8 Å². The average Bonchev–Trinajstić information content (AvgIpc) is 2.93. The minimum absolute atomic E-state index is 0.0708. The number of piperazine rings is 1. The second-order valence-electron chi connectivity index (χ2n) is 11.3. The second kappa shape index (κ2) is 12.7. The van der Waals surface area contributed by atoms with Gasteiger partial charge in [-0.15, -0.1) is 11.8 Å². The van der Waals surface area contributed by atoms with E-state index in [0.29, 0.717) is 37.5 Å². The van der Waals surface area contributed by atoms with Crippen molar-refractivity contribution in [3.63, 3.8) is 0 Å². The highest BCUT2D eigenvalue weighted by Gasteiger charge is 2.32. The van der Waals surface area contributed by atoms with Crippen molar-refractivity contribution < 1.29 is 19.1 Å². The number of ketones is 1. The number of ether oxygens (including phenoxy) is 1. The van der Waals surface area contributed by atoms with Gasteiger partial charge in [0, 0.05) is 53.9 Å². The normalized spacial score (nSPS) is 14.8. The number of nitrogens with one attached hydrogen (secondary N) is 1. The Bertz CT molecular complexity index is 1340. The van der Waals surface area contributed by atoms with Crippen LogP contribution < -0.4 is 10.2 Å². The summed E-state index contributed by atoms with van der Waals surface area (Å²) in [6.45, 7) is 11.7. The van der Waals surface area contributed by atoms with Crippen molar-refractivity contribution >= 4 is 46.1 Å². The number of rotatable bonds is 8. The summed E-state index contributed by atoms with van der Waals surface area (Å²) in [7, 11) is 0. The van der Waals surface area contributed by atoms with Crippen molar-refractivity contribution in [1.82, 2.24) is 15.2 Å². The fourth-order valence-corrected chi connectivity index (χ4v) is 5.55. The Morgan fingerprint density at radius 3 is 2.30 bits per heavy atom. The number of fused-ring (bicyclic) bond motifs is 1. The fraction of sp³-hybridized carbons (Fsp3) is 0.419. The van der Waals surface area contributed by atoms with E-state index in [4.69, 9.17) is 4.74 Å². The number of carbonyl (C=O) groups is 3. The zero-order chi connectivity index (χ0) is 28.9. The molecular weight excluding hydrogens is 524 g/mol. The molecule has 8 nitrogen and oxygen atoms in total. The van der Waals surface area contributed by atoms with Gasteiger partial charge >= 0.3 is 6.09 Å². The number of Topliss-reactive ketones (excluding diaryl/α,β-unsaturated/α-hetero) is 1. The Morgan fingerprint density at radius 2 is 1.65 bits per heavy atom. The minimum Gasteiger partial charge on any atom is -0.444 e. The van der Waals surface area contributed by atoms with Crippen molar-refractivity contribution in [3.8, 4) is 0 Å². The maximum Gasteiger partial charge on any atom is 0.408 e. The standard InChI is InChI=1S/C31H38N4O4S/c1-21(2)28(33-30(38)39-31(3,4)5)29(37)35-18-16-34(17-19-35)23-12-10-22(11-13-23)26(36)20-40-27-14-15-32-25-9-7-6-8-24(25)27/h6-15,21,28H,16-20H2,1-5H3,(H,33,38). The SMILES string of the molecule is CC(C)C(NC(=O)OC(C)(C)C)C(=O)N1CCN(c2ccc(C(=O)CSc3ccnc4ccccc34)cc2)CC1. The summed E-state index contributed by atoms with van der Waals surface area (Å²) >= 11 is 1.53. The topological polar surface area (TPSA) is 91.8 Å². The van der Waals surface area contributed by atoms with Gasteiger partial charge in [-0.25, -0.2) is 4.79 Å². The van der Waals surface area contributed by atoms with E-state index < -0.39 is 17.7 Å². The first-order valence-corrected chi connectivity index (χ1v) is 14.6. The maximum atomic E-state index is 13.2. The quantitative estimate of drug-likeness (QED) is 0.290. The Labute approximate surface area is 240 Å². The summed E-state index contributed by atoms with van der Waals surface area (Å²) in [6, 6.07) is 16.9. The first-order chi connectivity index (χ1) is 19.0. The second-order valence-corrected chi connectivity index (χ2v) is 12.3. The molecule has 0 saturated carbocycles. The van der Waals surface area contributed by atoms with E-state index in [2.05, 4.69) is 15.2 Å². The van der Waals surface area contributed by atoms with Crippen LogP contribution in [0.4, 0.5) is 10.5 Å². The Hall–Kier alpha value is -3.59. The number of thioether (sulfide) groups is 1. The molecule has 0 bridgehead atoms. The van der Waals surface area contributed by atoms with Gasteiger partial charge in [0.25, 0.3) is 0 Å². The Morgan fingerprint density at radius 1 is 0.975 bits per heavy atom. The number of hydrogen-bond acceptors (Lipinski definition) is 7. The number of pyridine rings is 1. The van der Waals surface area contributed by atoms with Crippen LogP contribution in [0.5, 0.6) is 0 Å². The number of anilines is 1. The van der Waals surface area contributed by atoms with Gasteiger partial charge in [0.15, 0.2) is 5.78 Å². The zero-order valence-electron chi connectivity index (χ0n) is 23.8. The number of carbonyl (C=O) groups excluding carboxylic acids is 3. The van der Waals surface area contributed by atoms with Crippen LogP contribution >= 0.6 is 11.8 Å². The summed E-state index contributed by atoms with van der Waals surface area (Å²) in [4.78, 5) is 47.9. The third kappa shape index (κ3) is 7.53. The molecule has 1 unspecified atom stereocenters. The van der Waals surface area contributed by atoms with Crippen LogP contribution in [-0.2, 0) is 9.53 Å². The van der Waals surface area contributed by atoms with E-state index in [1.54, 1.807) is 31.9 Å². The molecule has 1 saturated heterocycles. The van der Waals surface area contributed by atoms with Gasteiger partial charge in [-0.05, 0) is 63.1 Å². The van der Waals surface area contributed by atoms with Gasteiger partial charge in [-0.2, -0.15) is 0 Å². The molecule has 1 atom stereocenters. The molecule has 1 aromatic heterocycles. The van der Waals surface area contributed by atoms with Crippen LogP contribution in [0.1, 0.15) is 45.0 Å². The summed E-state index contributed by atoms with van der Waals surface area (Å²) in [5, 5.41) is 3.81. The molecule has 212 valence electrons. The fourth-order valence-electron chi connectivity index (χ4n) is 4.61. The van der Waals surface area contributed by atoms with Crippen molar-refractivity contribution in [2.75, 3.05) is 36.8 Å². The largest absolute Gasteiger partial charge is 0.444 e. The van der Waals surface area contributed by atoms with Crippen LogP contribution in [0.2, 0.25) is 0 Å². The number of aromatic nitrogens is 1. The van der Waals surface area contributed by atoms with Crippen LogP contribution in [0.15, 0.2) is 65.7 Å². The Balaban J connectivity index is 1.30. The van der Waals surface area contributed by atoms with Gasteiger partial charge in [0.05, 0.1) is 11.3 Å². The van der Waals surface area contributed by atoms with E-state index in [-0.39, 0.29) is 17.6 Å². The van der Waals surface area contributed by atoms with Crippen molar-refractivity contribution in [3.05, 3.63) is 66.4 Å². The number of para-hydroxylation sites is 1. The molecular formula is C31H38N4O4S. The third-order valence-corrected chi connectivity index (χ3v) is 7.79.